The van der Waals surface area contributed by atoms with Gasteiger partial charge in [-0.25, -0.2) is 0 Å². The molecule has 1 aromatic carbocycles. The maximum Gasteiger partial charge on any atom is 0.186 e. The highest BCUT2D eigenvalue weighted by atomic mass is 32.2. The Morgan fingerprint density at radius 1 is 1.10 bits per heavy atom. The van der Waals surface area contributed by atoms with Crippen molar-refractivity contribution in [2.24, 2.45) is 0 Å². The number of benzene rings is 1. The van der Waals surface area contributed by atoms with Crippen molar-refractivity contribution in [2.75, 3.05) is 39.5 Å². The van der Waals surface area contributed by atoms with Gasteiger partial charge in [0, 0.05) is 32.3 Å². The zero-order chi connectivity index (χ0) is 20.2. The molecule has 1 rings (SSSR count). The number of nitrogens with zero attached hydrogens (tertiary/aromatic N) is 1. The van der Waals surface area contributed by atoms with Crippen LogP contribution in [-0.4, -0.2) is 82.1 Å². The summed E-state index contributed by atoms with van der Waals surface area (Å²) in [6, 6.07) is 5.79. The largest absolute Gasteiger partial charge is 0.492 e. The highest BCUT2D eigenvalue weighted by Crippen LogP contribution is 2.23. The van der Waals surface area contributed by atoms with E-state index in [-0.39, 0.29) is 58.4 Å². The van der Waals surface area contributed by atoms with Gasteiger partial charge in [0.1, 0.15) is 12.4 Å². The Labute approximate surface area is 191 Å². The van der Waals surface area contributed by atoms with E-state index in [9.17, 15) is 15.0 Å². The molecule has 0 saturated carbocycles. The van der Waals surface area contributed by atoms with Gasteiger partial charge in [-0.2, -0.15) is 27.0 Å². The average Bonchev–Trinajstić information content (AvgIpc) is 2.66. The van der Waals surface area contributed by atoms with Gasteiger partial charge in [-0.1, -0.05) is 24.8 Å². The number of carbonyl (C=O) groups is 1. The number of hydrogen-bond donors (Lipinski definition) is 4. The van der Waals surface area contributed by atoms with E-state index >= 15 is 0 Å². The number of rotatable bonds is 13. The second-order valence-electron chi connectivity index (χ2n) is 6.35. The van der Waals surface area contributed by atoms with Crippen molar-refractivity contribution in [3.05, 3.63) is 29.3 Å². The first-order valence-electron chi connectivity index (χ1n) is 9.07. The first-order valence-corrected chi connectivity index (χ1v) is 10.1. The van der Waals surface area contributed by atoms with E-state index in [0.717, 1.165) is 17.5 Å². The summed E-state index contributed by atoms with van der Waals surface area (Å²) in [7, 11) is 0. The fourth-order valence-electron chi connectivity index (χ4n) is 2.60. The Bertz CT molecular complexity index is 567. The van der Waals surface area contributed by atoms with Crippen LogP contribution in [0.25, 0.3) is 0 Å². The van der Waals surface area contributed by atoms with Gasteiger partial charge in [0.25, 0.3) is 0 Å². The number of carbonyl (C=O) groups excluding carboxylic acids is 1. The summed E-state index contributed by atoms with van der Waals surface area (Å²) in [6.07, 6.45) is -0.996. The molecule has 0 bridgehead atoms. The Balaban J connectivity index is 0. The Kier molecular flexibility index (Phi) is 18.3. The Morgan fingerprint density at radius 3 is 2.17 bits per heavy atom. The summed E-state index contributed by atoms with van der Waals surface area (Å²) in [5, 5.41) is 37.3. The molecule has 0 aliphatic heterocycles. The highest BCUT2D eigenvalue weighted by Gasteiger charge is 2.15. The number of hydrogen-bond acceptors (Lipinski definition) is 8. The second kappa shape index (κ2) is 17.2. The molecular weight excluding hydrogens is 434 g/mol. The standard InChI is InChI=1S/C19H31NO6S.2H2S/c1-3-15-8-19(5-4-16(15)13-27-14(2)23)26-7-6-20(9-17(24)11-21)10-18(25)12-22;;/h4-5,8,17-18,21-22,24-25H,3,6-7,9-13H2,1-2H3;2*1H2/t17-,18-;;/m0../s1. The lowest BCUT2D eigenvalue weighted by Crippen LogP contribution is -2.42. The minimum absolute atomic E-state index is 0. The molecule has 0 aromatic heterocycles. The molecule has 0 aliphatic carbocycles. The first-order chi connectivity index (χ1) is 12.9. The van der Waals surface area contributed by atoms with Crippen LogP contribution in [0.1, 0.15) is 25.0 Å². The molecular formula is C19H35NO6S3. The number of aliphatic hydroxyl groups is 4. The minimum Gasteiger partial charge on any atom is -0.492 e. The maximum atomic E-state index is 11.2. The summed E-state index contributed by atoms with van der Waals surface area (Å²) >= 11 is 1.28. The van der Waals surface area contributed by atoms with Crippen LogP contribution < -0.4 is 4.74 Å². The summed E-state index contributed by atoms with van der Waals surface area (Å²) in [5.74, 6) is 1.36. The molecule has 0 saturated heterocycles. The van der Waals surface area contributed by atoms with Crippen molar-refractivity contribution in [3.8, 4) is 5.75 Å². The predicted octanol–water partition coefficient (Wildman–Crippen LogP) is 0.641. The minimum atomic E-state index is -0.916. The molecule has 0 amide bonds. The number of aryl methyl sites for hydroxylation is 1. The van der Waals surface area contributed by atoms with Crippen molar-refractivity contribution in [3.63, 3.8) is 0 Å². The number of thioether (sulfide) groups is 1. The zero-order valence-electron chi connectivity index (χ0n) is 17.0. The maximum absolute atomic E-state index is 11.2. The molecule has 0 fully saturated rings. The van der Waals surface area contributed by atoms with E-state index in [1.807, 2.05) is 18.2 Å². The lowest BCUT2D eigenvalue weighted by Gasteiger charge is -2.26. The first kappa shape index (κ1) is 30.7. The van der Waals surface area contributed by atoms with Gasteiger partial charge in [-0.3, -0.25) is 9.69 Å². The van der Waals surface area contributed by atoms with Crippen LogP contribution in [0.15, 0.2) is 18.2 Å². The van der Waals surface area contributed by atoms with Gasteiger partial charge in [-0.15, -0.1) is 0 Å². The molecule has 0 heterocycles. The van der Waals surface area contributed by atoms with E-state index in [0.29, 0.717) is 24.7 Å². The SMILES string of the molecule is CCc1cc(OCCN(C[C@H](O)CO)C[C@H](O)CO)ccc1CSC(C)=O.S.S. The lowest BCUT2D eigenvalue weighted by atomic mass is 10.1. The number of ether oxygens (including phenoxy) is 1. The van der Waals surface area contributed by atoms with Crippen LogP contribution in [-0.2, 0) is 17.0 Å². The van der Waals surface area contributed by atoms with Gasteiger partial charge < -0.3 is 25.2 Å². The van der Waals surface area contributed by atoms with E-state index in [4.69, 9.17) is 14.9 Å². The van der Waals surface area contributed by atoms with Crippen molar-refractivity contribution in [1.29, 1.82) is 0 Å². The Morgan fingerprint density at radius 2 is 1.69 bits per heavy atom. The van der Waals surface area contributed by atoms with Crippen LogP contribution in [0.5, 0.6) is 5.75 Å². The molecule has 4 N–H and O–H groups in total. The molecule has 1 aromatic rings. The van der Waals surface area contributed by atoms with Crippen molar-refractivity contribution in [1.82, 2.24) is 4.90 Å². The van der Waals surface area contributed by atoms with E-state index in [1.165, 1.54) is 11.8 Å². The average molecular weight is 470 g/mol. The molecule has 170 valence electrons. The summed E-state index contributed by atoms with van der Waals surface area (Å²) in [4.78, 5) is 12.9. The third kappa shape index (κ3) is 12.7. The van der Waals surface area contributed by atoms with Gasteiger partial charge in [0.2, 0.25) is 0 Å². The lowest BCUT2D eigenvalue weighted by molar-refractivity contribution is -0.109. The monoisotopic (exact) mass is 469 g/mol. The van der Waals surface area contributed by atoms with Gasteiger partial charge in [0.05, 0.1) is 25.4 Å². The quantitative estimate of drug-likeness (QED) is 0.333. The molecule has 0 radical (unpaired) electrons. The molecule has 29 heavy (non-hydrogen) atoms. The topological polar surface area (TPSA) is 110 Å². The molecule has 2 atom stereocenters. The highest BCUT2D eigenvalue weighted by molar-refractivity contribution is 8.12. The van der Waals surface area contributed by atoms with Crippen molar-refractivity contribution in [2.45, 2.75) is 38.2 Å². The molecule has 0 unspecified atom stereocenters. The van der Waals surface area contributed by atoms with Crippen molar-refractivity contribution >= 4 is 43.9 Å². The third-order valence-electron chi connectivity index (χ3n) is 4.03. The summed E-state index contributed by atoms with van der Waals surface area (Å²) in [6.45, 7) is 3.99. The van der Waals surface area contributed by atoms with Crippen LogP contribution in [0.3, 0.4) is 0 Å². The smallest absolute Gasteiger partial charge is 0.186 e. The molecule has 0 spiro atoms. The Hall–Kier alpha value is -0.460. The summed E-state index contributed by atoms with van der Waals surface area (Å²) in [5.41, 5.74) is 2.24. The van der Waals surface area contributed by atoms with Gasteiger partial charge in [-0.05, 0) is 29.7 Å². The molecule has 7 nitrogen and oxygen atoms in total. The fraction of sp³-hybridized carbons (Fsp3) is 0.632. The molecule has 10 heteroatoms. The second-order valence-corrected chi connectivity index (χ2v) is 7.50. The summed E-state index contributed by atoms with van der Waals surface area (Å²) < 4.78 is 5.79. The zero-order valence-corrected chi connectivity index (χ0v) is 19.8. The van der Waals surface area contributed by atoms with Crippen LogP contribution in [0.4, 0.5) is 0 Å². The third-order valence-corrected chi connectivity index (χ3v) is 4.89. The van der Waals surface area contributed by atoms with Gasteiger partial charge in [0.15, 0.2) is 5.12 Å². The van der Waals surface area contributed by atoms with Crippen molar-refractivity contribution < 1.29 is 30.0 Å². The normalized spacial score (nSPS) is 12.7. The van der Waals surface area contributed by atoms with Crippen LogP contribution in [0, 0.1) is 0 Å². The van der Waals surface area contributed by atoms with E-state index in [1.54, 1.807) is 11.8 Å². The predicted molar refractivity (Wildman–Crippen MR) is 127 cm³/mol. The van der Waals surface area contributed by atoms with E-state index in [2.05, 4.69) is 6.92 Å². The fourth-order valence-corrected chi connectivity index (χ4v) is 3.24. The van der Waals surface area contributed by atoms with Gasteiger partial charge >= 0.3 is 0 Å². The molecule has 0 aliphatic rings. The number of aliphatic hydroxyl groups excluding tert-OH is 4. The van der Waals surface area contributed by atoms with Crippen LogP contribution >= 0.6 is 38.8 Å². The van der Waals surface area contributed by atoms with E-state index < -0.39 is 12.2 Å². The van der Waals surface area contributed by atoms with Crippen LogP contribution in [0.2, 0.25) is 0 Å².